The summed E-state index contributed by atoms with van der Waals surface area (Å²) in [7, 11) is 0. The van der Waals surface area contributed by atoms with E-state index in [0.29, 0.717) is 0 Å². The van der Waals surface area contributed by atoms with Crippen LogP contribution >= 0.6 is 0 Å². The van der Waals surface area contributed by atoms with Gasteiger partial charge in [0.2, 0.25) is 0 Å². The van der Waals surface area contributed by atoms with E-state index in [-0.39, 0.29) is 0 Å². The fourth-order valence-corrected chi connectivity index (χ4v) is 2.87. The average molecular weight is 328 g/mol. The molecule has 24 heavy (non-hydrogen) atoms. The van der Waals surface area contributed by atoms with Crippen molar-refractivity contribution in [2.24, 2.45) is 5.73 Å². The molecule has 3 rings (SSSR count). The van der Waals surface area contributed by atoms with E-state index < -0.39 is 0 Å². The maximum absolute atomic E-state index is 4.85. The second-order valence-corrected chi connectivity index (χ2v) is 5.66. The first kappa shape index (κ1) is 20.0. The van der Waals surface area contributed by atoms with Gasteiger partial charge < -0.3 is 15.6 Å². The van der Waals surface area contributed by atoms with Crippen LogP contribution in [0.4, 0.5) is 0 Å². The Morgan fingerprint density at radius 3 is 2.38 bits per heavy atom. The Morgan fingerprint density at radius 1 is 1.12 bits per heavy atom. The quantitative estimate of drug-likeness (QED) is 0.742. The van der Waals surface area contributed by atoms with Gasteiger partial charge in [0.05, 0.1) is 0 Å². The van der Waals surface area contributed by atoms with E-state index in [0.717, 1.165) is 19.6 Å². The molecule has 0 fully saturated rings. The van der Waals surface area contributed by atoms with E-state index in [9.17, 15) is 0 Å². The number of benzene rings is 1. The van der Waals surface area contributed by atoms with Crippen LogP contribution in [0.2, 0.25) is 0 Å². The van der Waals surface area contributed by atoms with Gasteiger partial charge in [-0.05, 0) is 64.9 Å². The van der Waals surface area contributed by atoms with Crippen molar-refractivity contribution < 1.29 is 0 Å². The Labute approximate surface area is 147 Å². The zero-order valence-electron chi connectivity index (χ0n) is 15.7. The summed E-state index contributed by atoms with van der Waals surface area (Å²) in [6.07, 6.45) is 9.74. The molecule has 3 heteroatoms. The van der Waals surface area contributed by atoms with Crippen molar-refractivity contribution in [3.63, 3.8) is 0 Å². The molecule has 0 saturated carbocycles. The van der Waals surface area contributed by atoms with Gasteiger partial charge >= 0.3 is 0 Å². The number of allylic oxidation sites excluding steroid dienone is 3. The molecule has 1 aliphatic rings. The molecule has 0 radical (unpaired) electrons. The average Bonchev–Trinajstić information content (AvgIpc) is 2.78. The van der Waals surface area contributed by atoms with Crippen LogP contribution in [0.5, 0.6) is 0 Å². The molecule has 132 valence electrons. The summed E-state index contributed by atoms with van der Waals surface area (Å²) in [5.41, 5.74) is 9.32. The van der Waals surface area contributed by atoms with Gasteiger partial charge in [-0.15, -0.1) is 0 Å². The lowest BCUT2D eigenvalue weighted by molar-refractivity contribution is 0.670. The van der Waals surface area contributed by atoms with E-state index in [1.54, 1.807) is 11.8 Å². The maximum atomic E-state index is 4.85. The van der Waals surface area contributed by atoms with Gasteiger partial charge in [0.25, 0.3) is 0 Å². The predicted molar refractivity (Wildman–Crippen MR) is 107 cm³/mol. The number of nitrogens with zero attached hydrogens (tertiary/aromatic N) is 1. The number of para-hydroxylation sites is 1. The van der Waals surface area contributed by atoms with Gasteiger partial charge in [0.15, 0.2) is 0 Å². The van der Waals surface area contributed by atoms with Crippen LogP contribution in [0, 0.1) is 0 Å². The zero-order valence-corrected chi connectivity index (χ0v) is 15.7. The van der Waals surface area contributed by atoms with Crippen LogP contribution in [0.1, 0.15) is 45.4 Å². The Bertz CT molecular complexity index is 632. The highest BCUT2D eigenvalue weighted by atomic mass is 15.0. The van der Waals surface area contributed by atoms with Gasteiger partial charge in [0, 0.05) is 29.7 Å². The number of hydrogen-bond acceptors (Lipinski definition) is 2. The number of nitrogens with two attached hydrogens (primary N) is 1. The van der Waals surface area contributed by atoms with Gasteiger partial charge in [0.1, 0.15) is 0 Å². The van der Waals surface area contributed by atoms with E-state index in [1.807, 2.05) is 32.9 Å². The fraction of sp³-hybridized carbons (Fsp3) is 0.429. The lowest BCUT2D eigenvalue weighted by Gasteiger charge is -2.06. The standard InChI is InChI=1S/C14H18N2.C4H8.C3H7N/c1-2-16-13-7-4-3-6-11(13)12-10-15-9-5-8-14(12)16;1-3-4-2;1-2-3-4/h3-4,6-7,15H,2,5,8-10H2,1H3;3-4H,1-2H3;2-3H,4H2,1H3/b;4-3-;3-2-. The normalized spacial score (nSPS) is 13.8. The lowest BCUT2D eigenvalue weighted by Crippen LogP contribution is -2.11. The minimum absolute atomic E-state index is 1.03. The summed E-state index contributed by atoms with van der Waals surface area (Å²) >= 11 is 0. The van der Waals surface area contributed by atoms with Crippen LogP contribution in [-0.2, 0) is 19.5 Å². The van der Waals surface area contributed by atoms with Crippen molar-refractivity contribution in [3.05, 3.63) is 60.0 Å². The number of rotatable bonds is 1. The first-order chi connectivity index (χ1) is 11.7. The minimum atomic E-state index is 1.03. The molecule has 0 amide bonds. The van der Waals surface area contributed by atoms with E-state index in [4.69, 9.17) is 5.73 Å². The third-order valence-corrected chi connectivity index (χ3v) is 4.11. The number of fused-ring (bicyclic) bond motifs is 3. The Kier molecular flexibility index (Phi) is 9.62. The van der Waals surface area contributed by atoms with Gasteiger partial charge in [-0.3, -0.25) is 0 Å². The molecule has 2 heterocycles. The Hall–Kier alpha value is -2.00. The molecule has 3 nitrogen and oxygen atoms in total. The van der Waals surface area contributed by atoms with Crippen LogP contribution in [0.25, 0.3) is 10.9 Å². The number of aromatic nitrogens is 1. The van der Waals surface area contributed by atoms with Crippen LogP contribution in [0.3, 0.4) is 0 Å². The molecular weight excluding hydrogens is 294 g/mol. The molecular formula is C21H33N3. The van der Waals surface area contributed by atoms with Gasteiger partial charge in [-0.25, -0.2) is 0 Å². The first-order valence-corrected chi connectivity index (χ1v) is 8.94. The number of aryl methyl sites for hydroxylation is 1. The molecule has 2 aromatic rings. The highest BCUT2D eigenvalue weighted by Gasteiger charge is 2.16. The van der Waals surface area contributed by atoms with Crippen LogP contribution in [0.15, 0.2) is 48.7 Å². The number of nitrogens with one attached hydrogen (secondary N) is 1. The summed E-state index contributed by atoms with van der Waals surface area (Å²) < 4.78 is 2.48. The van der Waals surface area contributed by atoms with Crippen molar-refractivity contribution in [3.8, 4) is 0 Å². The van der Waals surface area contributed by atoms with Gasteiger partial charge in [-0.2, -0.15) is 0 Å². The minimum Gasteiger partial charge on any atom is -0.405 e. The molecule has 0 aliphatic carbocycles. The SMILES string of the molecule is C/C=C\C.C/C=C\N.CCn1c2c(c3ccccc31)CNCCC2. The Morgan fingerprint density at radius 2 is 1.79 bits per heavy atom. The molecule has 0 bridgehead atoms. The molecule has 1 aliphatic heterocycles. The largest absolute Gasteiger partial charge is 0.405 e. The summed E-state index contributed by atoms with van der Waals surface area (Å²) in [5, 5.41) is 4.96. The van der Waals surface area contributed by atoms with Crippen LogP contribution in [-0.4, -0.2) is 11.1 Å². The summed E-state index contributed by atoms with van der Waals surface area (Å²) in [6.45, 7) is 11.4. The molecule has 3 N–H and O–H groups in total. The molecule has 0 spiro atoms. The maximum Gasteiger partial charge on any atom is 0.0485 e. The first-order valence-electron chi connectivity index (χ1n) is 8.94. The third kappa shape index (κ3) is 5.27. The smallest absolute Gasteiger partial charge is 0.0485 e. The predicted octanol–water partition coefficient (Wildman–Crippen LogP) is 4.76. The van der Waals surface area contributed by atoms with E-state index >= 15 is 0 Å². The monoisotopic (exact) mass is 327 g/mol. The second-order valence-electron chi connectivity index (χ2n) is 5.66. The van der Waals surface area contributed by atoms with E-state index in [1.165, 1.54) is 35.5 Å². The topological polar surface area (TPSA) is 43.0 Å². The van der Waals surface area contributed by atoms with Crippen molar-refractivity contribution in [2.75, 3.05) is 6.54 Å². The fourth-order valence-electron chi connectivity index (χ4n) is 2.87. The lowest BCUT2D eigenvalue weighted by atomic mass is 10.1. The van der Waals surface area contributed by atoms with Crippen molar-refractivity contribution in [1.29, 1.82) is 0 Å². The molecule has 1 aromatic carbocycles. The molecule has 0 unspecified atom stereocenters. The van der Waals surface area contributed by atoms with Crippen molar-refractivity contribution in [1.82, 2.24) is 9.88 Å². The summed E-state index contributed by atoms with van der Waals surface area (Å²) in [5.74, 6) is 0. The van der Waals surface area contributed by atoms with Crippen molar-refractivity contribution >= 4 is 10.9 Å². The molecule has 1 aromatic heterocycles. The Balaban J connectivity index is 0.000000306. The zero-order chi connectivity index (χ0) is 17.8. The molecule has 0 saturated heterocycles. The second kappa shape index (κ2) is 11.5. The highest BCUT2D eigenvalue weighted by molar-refractivity contribution is 5.85. The third-order valence-electron chi connectivity index (χ3n) is 4.11. The highest BCUT2D eigenvalue weighted by Crippen LogP contribution is 2.28. The summed E-state index contributed by atoms with van der Waals surface area (Å²) in [6, 6.07) is 8.79. The summed E-state index contributed by atoms with van der Waals surface area (Å²) in [4.78, 5) is 0. The van der Waals surface area contributed by atoms with Crippen LogP contribution < -0.4 is 11.1 Å². The van der Waals surface area contributed by atoms with Crippen molar-refractivity contribution in [2.45, 2.75) is 53.6 Å². The van der Waals surface area contributed by atoms with E-state index in [2.05, 4.69) is 41.1 Å². The van der Waals surface area contributed by atoms with Gasteiger partial charge in [-0.1, -0.05) is 36.4 Å². The number of hydrogen-bond donors (Lipinski definition) is 2. The molecule has 0 atom stereocenters.